The van der Waals surface area contributed by atoms with Crippen LogP contribution in [0, 0.1) is 12.7 Å². The van der Waals surface area contributed by atoms with Gasteiger partial charge in [0.25, 0.3) is 0 Å². The summed E-state index contributed by atoms with van der Waals surface area (Å²) in [4.78, 5) is 10.2. The first-order chi connectivity index (χ1) is 6.50. The van der Waals surface area contributed by atoms with Crippen LogP contribution in [0.25, 0.3) is 6.08 Å². The van der Waals surface area contributed by atoms with Crippen molar-refractivity contribution in [1.29, 1.82) is 0 Å². The van der Waals surface area contributed by atoms with Crippen LogP contribution in [-0.4, -0.2) is 11.1 Å². The molecular formula is C10H8ClFO2. The molecule has 0 unspecified atom stereocenters. The van der Waals surface area contributed by atoms with E-state index in [4.69, 9.17) is 16.7 Å². The quantitative estimate of drug-likeness (QED) is 0.769. The maximum absolute atomic E-state index is 13.1. The zero-order chi connectivity index (χ0) is 10.7. The molecule has 0 fully saturated rings. The van der Waals surface area contributed by atoms with Gasteiger partial charge in [0.15, 0.2) is 0 Å². The lowest BCUT2D eigenvalue weighted by atomic mass is 10.1. The lowest BCUT2D eigenvalue weighted by Gasteiger charge is -2.02. The number of carboxylic acid groups (broad SMARTS) is 1. The molecule has 0 aliphatic carbocycles. The lowest BCUT2D eigenvalue weighted by molar-refractivity contribution is -0.131. The molecule has 74 valence electrons. The molecule has 0 aliphatic rings. The summed E-state index contributed by atoms with van der Waals surface area (Å²) < 4.78 is 13.1. The summed E-state index contributed by atoms with van der Waals surface area (Å²) in [5.41, 5.74) is 0.851. The summed E-state index contributed by atoms with van der Waals surface area (Å²) in [5, 5.41) is 8.64. The van der Waals surface area contributed by atoms with E-state index in [0.717, 1.165) is 6.08 Å². The Balaban J connectivity index is 3.14. The number of aliphatic carboxylic acids is 1. The number of hydrogen-bond acceptors (Lipinski definition) is 1. The van der Waals surface area contributed by atoms with Crippen molar-refractivity contribution in [3.8, 4) is 0 Å². The van der Waals surface area contributed by atoms with E-state index in [1.165, 1.54) is 18.2 Å². The zero-order valence-electron chi connectivity index (χ0n) is 7.42. The van der Waals surface area contributed by atoms with Crippen molar-refractivity contribution in [2.75, 3.05) is 0 Å². The Morgan fingerprint density at radius 2 is 2.21 bits per heavy atom. The summed E-state index contributed by atoms with van der Waals surface area (Å²) >= 11 is 5.62. The minimum atomic E-state index is -1.08. The first-order valence-corrected chi connectivity index (χ1v) is 4.25. The molecule has 0 aliphatic heterocycles. The average Bonchev–Trinajstić information content (AvgIpc) is 2.08. The van der Waals surface area contributed by atoms with Crippen LogP contribution in [0.5, 0.6) is 0 Å². The van der Waals surface area contributed by atoms with Crippen LogP contribution in [0.4, 0.5) is 4.39 Å². The van der Waals surface area contributed by atoms with Gasteiger partial charge in [0.2, 0.25) is 0 Å². The highest BCUT2D eigenvalue weighted by atomic mass is 35.5. The Labute approximate surface area is 85.6 Å². The number of benzene rings is 1. The van der Waals surface area contributed by atoms with Crippen LogP contribution in [0.1, 0.15) is 11.1 Å². The van der Waals surface area contributed by atoms with Gasteiger partial charge in [-0.3, -0.25) is 0 Å². The molecule has 14 heavy (non-hydrogen) atoms. The number of carboxylic acids is 1. The van der Waals surface area contributed by atoms with E-state index >= 15 is 0 Å². The molecule has 0 bridgehead atoms. The van der Waals surface area contributed by atoms with Gasteiger partial charge in [0.1, 0.15) is 5.82 Å². The smallest absolute Gasteiger partial charge is 0.328 e. The van der Waals surface area contributed by atoms with Crippen molar-refractivity contribution in [1.82, 2.24) is 0 Å². The van der Waals surface area contributed by atoms with Gasteiger partial charge in [-0.1, -0.05) is 11.6 Å². The van der Waals surface area contributed by atoms with Crippen molar-refractivity contribution in [2.45, 2.75) is 6.92 Å². The first-order valence-electron chi connectivity index (χ1n) is 3.87. The molecule has 0 heterocycles. The lowest BCUT2D eigenvalue weighted by Crippen LogP contribution is -1.90. The Hall–Kier alpha value is -1.35. The highest BCUT2D eigenvalue weighted by Crippen LogP contribution is 2.20. The van der Waals surface area contributed by atoms with E-state index in [1.54, 1.807) is 6.92 Å². The molecule has 0 atom stereocenters. The van der Waals surface area contributed by atoms with Crippen molar-refractivity contribution in [3.63, 3.8) is 0 Å². The predicted molar refractivity (Wildman–Crippen MR) is 52.8 cm³/mol. The summed E-state index contributed by atoms with van der Waals surface area (Å²) in [6, 6.07) is 2.70. The van der Waals surface area contributed by atoms with Gasteiger partial charge in [-0.15, -0.1) is 0 Å². The fraction of sp³-hybridized carbons (Fsp3) is 0.100. The van der Waals surface area contributed by atoms with Crippen molar-refractivity contribution in [3.05, 3.63) is 40.2 Å². The molecule has 1 aromatic carbocycles. The molecule has 4 heteroatoms. The monoisotopic (exact) mass is 214 g/mol. The molecule has 0 amide bonds. The van der Waals surface area contributed by atoms with E-state index < -0.39 is 11.8 Å². The molecule has 0 radical (unpaired) electrons. The van der Waals surface area contributed by atoms with Crippen molar-refractivity contribution >= 4 is 23.6 Å². The summed E-state index contributed by atoms with van der Waals surface area (Å²) in [5.74, 6) is -1.52. The van der Waals surface area contributed by atoms with Gasteiger partial charge in [0, 0.05) is 11.1 Å². The minimum absolute atomic E-state index is 0.248. The van der Waals surface area contributed by atoms with Crippen LogP contribution in [-0.2, 0) is 4.79 Å². The summed E-state index contributed by atoms with van der Waals surface area (Å²) in [6.45, 7) is 1.56. The van der Waals surface area contributed by atoms with Crippen LogP contribution < -0.4 is 0 Å². The predicted octanol–water partition coefficient (Wildman–Crippen LogP) is 2.89. The second kappa shape index (κ2) is 4.24. The van der Waals surface area contributed by atoms with Crippen molar-refractivity contribution in [2.24, 2.45) is 0 Å². The highest BCUT2D eigenvalue weighted by molar-refractivity contribution is 6.30. The Kier molecular flexibility index (Phi) is 3.25. The van der Waals surface area contributed by atoms with E-state index in [1.807, 2.05) is 0 Å². The van der Waals surface area contributed by atoms with Crippen LogP contribution in [0.15, 0.2) is 18.2 Å². The SMILES string of the molecule is Cc1c(F)cc(Cl)cc1/C=C/C(=O)O. The van der Waals surface area contributed by atoms with Gasteiger partial charge >= 0.3 is 5.97 Å². The minimum Gasteiger partial charge on any atom is -0.478 e. The molecule has 0 aromatic heterocycles. The fourth-order valence-electron chi connectivity index (χ4n) is 1.000. The topological polar surface area (TPSA) is 37.3 Å². The highest BCUT2D eigenvalue weighted by Gasteiger charge is 2.03. The second-order valence-electron chi connectivity index (χ2n) is 2.77. The fourth-order valence-corrected chi connectivity index (χ4v) is 1.21. The van der Waals surface area contributed by atoms with Gasteiger partial charge in [-0.2, -0.15) is 0 Å². The van der Waals surface area contributed by atoms with Crippen LogP contribution in [0.2, 0.25) is 5.02 Å². The third-order valence-corrected chi connectivity index (χ3v) is 1.97. The second-order valence-corrected chi connectivity index (χ2v) is 3.21. The molecule has 0 saturated carbocycles. The maximum atomic E-state index is 13.1. The number of hydrogen-bond donors (Lipinski definition) is 1. The van der Waals surface area contributed by atoms with E-state index in [9.17, 15) is 9.18 Å². The van der Waals surface area contributed by atoms with Crippen LogP contribution >= 0.6 is 11.6 Å². The Morgan fingerprint density at radius 3 is 2.79 bits per heavy atom. The molecule has 0 saturated heterocycles. The van der Waals surface area contributed by atoms with Crippen molar-refractivity contribution < 1.29 is 14.3 Å². The largest absolute Gasteiger partial charge is 0.478 e. The van der Waals surface area contributed by atoms with Gasteiger partial charge in [-0.05, 0) is 36.3 Å². The van der Waals surface area contributed by atoms with E-state index in [2.05, 4.69) is 0 Å². The van der Waals surface area contributed by atoms with Gasteiger partial charge in [-0.25, -0.2) is 9.18 Å². The molecule has 1 aromatic rings. The number of carbonyl (C=O) groups is 1. The molecule has 0 spiro atoms. The van der Waals surface area contributed by atoms with Gasteiger partial charge in [0.05, 0.1) is 0 Å². The van der Waals surface area contributed by atoms with E-state index in [0.29, 0.717) is 11.1 Å². The molecular weight excluding hydrogens is 207 g/mol. The number of rotatable bonds is 2. The third-order valence-electron chi connectivity index (χ3n) is 1.75. The normalized spacial score (nSPS) is 10.8. The molecule has 2 nitrogen and oxygen atoms in total. The summed E-state index contributed by atoms with van der Waals surface area (Å²) in [7, 11) is 0. The Morgan fingerprint density at radius 1 is 1.57 bits per heavy atom. The first kappa shape index (κ1) is 10.7. The van der Waals surface area contributed by atoms with E-state index in [-0.39, 0.29) is 5.02 Å². The Bertz CT molecular complexity index is 399. The number of halogens is 2. The standard InChI is InChI=1S/C10H8ClFO2/c1-6-7(2-3-10(13)14)4-8(11)5-9(6)12/h2-5H,1H3,(H,13,14)/b3-2+. The average molecular weight is 215 g/mol. The molecule has 1 N–H and O–H groups in total. The third kappa shape index (κ3) is 2.57. The van der Waals surface area contributed by atoms with Crippen LogP contribution in [0.3, 0.4) is 0 Å². The molecule has 1 rings (SSSR count). The maximum Gasteiger partial charge on any atom is 0.328 e. The van der Waals surface area contributed by atoms with Gasteiger partial charge < -0.3 is 5.11 Å². The summed E-state index contributed by atoms with van der Waals surface area (Å²) in [6.07, 6.45) is 2.25. The zero-order valence-corrected chi connectivity index (χ0v) is 8.18.